The van der Waals surface area contributed by atoms with Crippen molar-refractivity contribution < 1.29 is 54.2 Å². The van der Waals surface area contributed by atoms with Crippen LogP contribution in [0.3, 0.4) is 0 Å². The molecule has 6 atom stereocenters. The van der Waals surface area contributed by atoms with Crippen LogP contribution < -0.4 is 0 Å². The van der Waals surface area contributed by atoms with Gasteiger partial charge in [0.1, 0.15) is 13.2 Å². The highest BCUT2D eigenvalue weighted by molar-refractivity contribution is 5.70. The lowest BCUT2D eigenvalue weighted by Gasteiger charge is -2.23. The largest absolute Gasteiger partial charge is 0.462 e. The Morgan fingerprint density at radius 3 is 2.31 bits per heavy atom. The molecule has 1 aromatic carbocycles. The van der Waals surface area contributed by atoms with Gasteiger partial charge >= 0.3 is 11.9 Å². The Morgan fingerprint density at radius 2 is 1.60 bits per heavy atom. The number of aryl methyl sites for hydroxylation is 1. The smallest absolute Gasteiger partial charge is 0.306 e. The first-order valence-electron chi connectivity index (χ1n) is 15.2. The summed E-state index contributed by atoms with van der Waals surface area (Å²) in [7, 11) is 0. The molecule has 1 aromatic rings. The van der Waals surface area contributed by atoms with E-state index in [9.17, 15) is 45.1 Å². The Kier molecular flexibility index (Phi) is 17.4. The van der Waals surface area contributed by atoms with E-state index in [1.165, 1.54) is 0 Å². The maximum Gasteiger partial charge on any atom is 0.306 e. The Labute approximate surface area is 261 Å². The molecule has 0 aliphatic heterocycles. The number of rotatable bonds is 23. The highest BCUT2D eigenvalue weighted by Gasteiger charge is 2.40. The van der Waals surface area contributed by atoms with E-state index >= 15 is 0 Å². The summed E-state index contributed by atoms with van der Waals surface area (Å²) < 4.78 is 10.1. The Hall–Kier alpha value is -3.82. The Balaban J connectivity index is 1.68. The van der Waals surface area contributed by atoms with Gasteiger partial charge in [0.05, 0.1) is 24.9 Å². The molecule has 0 aromatic heterocycles. The van der Waals surface area contributed by atoms with Crippen LogP contribution in [0.25, 0.3) is 0 Å². The van der Waals surface area contributed by atoms with Gasteiger partial charge in [-0.05, 0) is 75.2 Å². The molecule has 0 heterocycles. The van der Waals surface area contributed by atoms with E-state index in [1.54, 1.807) is 0 Å². The van der Waals surface area contributed by atoms with Gasteiger partial charge in [-0.1, -0.05) is 42.5 Å². The number of unbranched alkanes of at least 4 members (excludes halogenated alkanes) is 1. The van der Waals surface area contributed by atoms with Gasteiger partial charge < -0.3 is 34.5 Å². The fraction of sp³-hybridized carbons (Fsp3) is 0.667. The summed E-state index contributed by atoms with van der Waals surface area (Å²) in [5, 5.41) is 50.0. The quantitative estimate of drug-likeness (QED) is 0.0516. The lowest BCUT2D eigenvalue weighted by Crippen LogP contribution is -2.30. The number of benzene rings is 1. The van der Waals surface area contributed by atoms with Crippen LogP contribution in [0.4, 0.5) is 0 Å². The minimum atomic E-state index is -1.24. The van der Waals surface area contributed by atoms with Crippen molar-refractivity contribution in [2.75, 3.05) is 19.8 Å². The number of aliphatic hydroxyl groups excluding tert-OH is 3. The van der Waals surface area contributed by atoms with Crippen molar-refractivity contribution in [3.05, 3.63) is 68.3 Å². The zero-order valence-corrected chi connectivity index (χ0v) is 25.2. The number of aliphatic hydroxyl groups is 3. The lowest BCUT2D eigenvalue weighted by atomic mass is 9.85. The maximum absolute atomic E-state index is 12.1. The third kappa shape index (κ3) is 16.2. The summed E-state index contributed by atoms with van der Waals surface area (Å²) in [6.45, 7) is -1.45. The van der Waals surface area contributed by atoms with Crippen LogP contribution in [-0.2, 0) is 35.2 Å². The van der Waals surface area contributed by atoms with Crippen molar-refractivity contribution in [2.45, 2.75) is 95.0 Å². The normalized spacial score (nSPS) is 20.8. The molecule has 1 aliphatic rings. The van der Waals surface area contributed by atoms with Gasteiger partial charge in [-0.2, -0.15) is 0 Å². The van der Waals surface area contributed by atoms with Crippen molar-refractivity contribution in [2.24, 2.45) is 11.8 Å². The topological polar surface area (TPSA) is 218 Å². The minimum Gasteiger partial charge on any atom is -0.462 e. The molecule has 45 heavy (non-hydrogen) atoms. The van der Waals surface area contributed by atoms with Gasteiger partial charge in [0, 0.05) is 12.8 Å². The van der Waals surface area contributed by atoms with Crippen molar-refractivity contribution >= 4 is 11.9 Å². The summed E-state index contributed by atoms with van der Waals surface area (Å²) in [6.07, 6.45) is 4.95. The first kappa shape index (κ1) is 37.4. The van der Waals surface area contributed by atoms with Gasteiger partial charge in [0.25, 0.3) is 10.2 Å². The number of esters is 2. The lowest BCUT2D eigenvalue weighted by molar-refractivity contribution is -0.759. The highest BCUT2D eigenvalue weighted by atomic mass is 17.0. The van der Waals surface area contributed by atoms with E-state index in [4.69, 9.17) is 9.47 Å². The third-order valence-corrected chi connectivity index (χ3v) is 7.61. The summed E-state index contributed by atoms with van der Waals surface area (Å²) >= 11 is 0. The Morgan fingerprint density at radius 1 is 0.911 bits per heavy atom. The van der Waals surface area contributed by atoms with Crippen LogP contribution in [0.15, 0.2) is 42.5 Å². The molecule has 1 saturated carbocycles. The van der Waals surface area contributed by atoms with Crippen molar-refractivity contribution in [1.29, 1.82) is 0 Å². The number of nitrogens with zero attached hydrogens (tertiary/aromatic N) is 2. The average molecular weight is 641 g/mol. The molecule has 3 N–H and O–H groups in total. The number of hydrogen-bond donors (Lipinski definition) is 3. The molecule has 0 saturated heterocycles. The van der Waals surface area contributed by atoms with E-state index in [-0.39, 0.29) is 37.7 Å². The van der Waals surface area contributed by atoms with Crippen molar-refractivity contribution in [3.63, 3.8) is 0 Å². The molecule has 15 nitrogen and oxygen atoms in total. The molecule has 0 bridgehead atoms. The van der Waals surface area contributed by atoms with Gasteiger partial charge in [-0.25, -0.2) is 0 Å². The summed E-state index contributed by atoms with van der Waals surface area (Å²) in [5.41, 5.74) is 1.16. The molecule has 15 heteroatoms. The van der Waals surface area contributed by atoms with Crippen molar-refractivity contribution in [3.8, 4) is 0 Å². The Bertz CT molecular complexity index is 1070. The van der Waals surface area contributed by atoms with Crippen LogP contribution in [0, 0.1) is 32.1 Å². The third-order valence-electron chi connectivity index (χ3n) is 7.61. The zero-order chi connectivity index (χ0) is 33.0. The SMILES string of the molecule is O=C(CCCC=CC[C@@H]1[C@@H](CC[C@@H](O)CCc2ccccc2)[C@H](O)C[C@@H]1O)OCC(CO[N+](=O)[O-])OC(=O)CCCO[N+](=O)[O-]. The molecule has 2 rings (SSSR count). The molecule has 0 radical (unpaired) electrons. The second-order valence-electron chi connectivity index (χ2n) is 11.0. The van der Waals surface area contributed by atoms with E-state index in [0.717, 1.165) is 12.0 Å². The fourth-order valence-corrected chi connectivity index (χ4v) is 5.27. The van der Waals surface area contributed by atoms with Crippen molar-refractivity contribution in [1.82, 2.24) is 0 Å². The first-order chi connectivity index (χ1) is 21.5. The second kappa shape index (κ2) is 21.0. The molecule has 252 valence electrons. The minimum absolute atomic E-state index is 0.0187. The molecule has 0 amide bonds. The summed E-state index contributed by atoms with van der Waals surface area (Å²) in [6, 6.07) is 9.92. The number of allylic oxidation sites excluding steroid dienone is 2. The maximum atomic E-state index is 12.1. The second-order valence-corrected chi connectivity index (χ2v) is 11.0. The van der Waals surface area contributed by atoms with E-state index < -0.39 is 59.7 Å². The highest BCUT2D eigenvalue weighted by Crippen LogP contribution is 2.38. The number of hydrogen-bond acceptors (Lipinski definition) is 13. The van der Waals surface area contributed by atoms with Crippen LogP contribution in [0.2, 0.25) is 0 Å². The number of carbonyl (C=O) groups is 2. The molecular weight excluding hydrogens is 596 g/mol. The van der Waals surface area contributed by atoms with Gasteiger partial charge in [0.15, 0.2) is 6.10 Å². The fourth-order valence-electron chi connectivity index (χ4n) is 5.27. The van der Waals surface area contributed by atoms with Crippen LogP contribution >= 0.6 is 0 Å². The van der Waals surface area contributed by atoms with Crippen LogP contribution in [-0.4, -0.2) is 81.7 Å². The summed E-state index contributed by atoms with van der Waals surface area (Å²) in [4.78, 5) is 53.0. The van der Waals surface area contributed by atoms with Crippen LogP contribution in [0.5, 0.6) is 0 Å². The van der Waals surface area contributed by atoms with Crippen LogP contribution in [0.1, 0.15) is 69.8 Å². The monoisotopic (exact) mass is 640 g/mol. The van der Waals surface area contributed by atoms with E-state index in [2.05, 4.69) is 9.68 Å². The predicted molar refractivity (Wildman–Crippen MR) is 157 cm³/mol. The zero-order valence-electron chi connectivity index (χ0n) is 25.2. The van der Waals surface area contributed by atoms with E-state index in [0.29, 0.717) is 44.9 Å². The molecule has 1 fully saturated rings. The molecule has 1 unspecified atom stereocenters. The average Bonchev–Trinajstić information content (AvgIpc) is 3.27. The van der Waals surface area contributed by atoms with Gasteiger partial charge in [-0.3, -0.25) is 9.59 Å². The number of carbonyl (C=O) groups excluding carboxylic acids is 2. The van der Waals surface area contributed by atoms with E-state index in [1.807, 2.05) is 42.5 Å². The summed E-state index contributed by atoms with van der Waals surface area (Å²) in [5.74, 6) is -1.68. The molecular formula is C30H44N2O13. The predicted octanol–water partition coefficient (Wildman–Crippen LogP) is 2.89. The first-order valence-corrected chi connectivity index (χ1v) is 15.2. The molecule has 1 aliphatic carbocycles. The number of ether oxygens (including phenoxy) is 2. The molecule has 0 spiro atoms. The standard InChI is InChI=1S/C30H44N2O13/c33-23(15-14-22-9-4-3-5-10-22)16-17-26-25(27(34)19-28(26)35)11-6-1-2-7-12-29(36)42-20-24(21-44-32(40)41)45-30(37)13-8-18-43-31(38)39/h1,3-6,9-10,23-28,33-35H,2,7-8,11-21H2/t23-,24?,25+,26+,27-,28+/m0/s1. The van der Waals surface area contributed by atoms with Gasteiger partial charge in [-0.15, -0.1) is 20.2 Å². The van der Waals surface area contributed by atoms with Gasteiger partial charge in [0.2, 0.25) is 0 Å².